The molecule has 0 atom stereocenters. The first-order chi connectivity index (χ1) is 10.1. The summed E-state index contributed by atoms with van der Waals surface area (Å²) in [5, 5.41) is 17.6. The lowest BCUT2D eigenvalue weighted by Crippen LogP contribution is -1.97. The minimum Gasteiger partial charge on any atom is -0.496 e. The zero-order valence-corrected chi connectivity index (χ0v) is 12.7. The Morgan fingerprint density at radius 2 is 2.10 bits per heavy atom. The summed E-state index contributed by atoms with van der Waals surface area (Å²) in [5.74, 6) is 0.426. The van der Waals surface area contributed by atoms with E-state index in [2.05, 4.69) is 10.2 Å². The molecule has 2 aromatic rings. The largest absolute Gasteiger partial charge is 0.496 e. The van der Waals surface area contributed by atoms with Gasteiger partial charge in [-0.1, -0.05) is 11.6 Å². The molecule has 1 aromatic carbocycles. The number of benzene rings is 1. The van der Waals surface area contributed by atoms with E-state index in [4.69, 9.17) is 9.84 Å². The van der Waals surface area contributed by atoms with Gasteiger partial charge in [0.05, 0.1) is 19.2 Å². The summed E-state index contributed by atoms with van der Waals surface area (Å²) < 4.78 is 5.34. The van der Waals surface area contributed by atoms with Crippen LogP contribution in [-0.2, 0) is 4.79 Å². The highest BCUT2D eigenvalue weighted by molar-refractivity contribution is 7.99. The summed E-state index contributed by atoms with van der Waals surface area (Å²) in [6, 6.07) is 9.60. The second-order valence-corrected chi connectivity index (χ2v) is 5.57. The molecular formula is C15H16N2O3S. The van der Waals surface area contributed by atoms with Gasteiger partial charge in [0, 0.05) is 11.3 Å². The van der Waals surface area contributed by atoms with E-state index in [1.54, 1.807) is 7.11 Å². The van der Waals surface area contributed by atoms with E-state index in [1.807, 2.05) is 37.3 Å². The molecule has 0 spiro atoms. The first kappa shape index (κ1) is 15.3. The van der Waals surface area contributed by atoms with Gasteiger partial charge in [-0.25, -0.2) is 0 Å². The molecule has 0 saturated heterocycles. The van der Waals surface area contributed by atoms with Crippen LogP contribution in [0.4, 0.5) is 0 Å². The summed E-state index contributed by atoms with van der Waals surface area (Å²) in [7, 11) is 1.62. The van der Waals surface area contributed by atoms with E-state index in [0.717, 1.165) is 22.6 Å². The third-order valence-corrected chi connectivity index (χ3v) is 3.76. The molecule has 2 rings (SSSR count). The molecule has 1 heterocycles. The van der Waals surface area contributed by atoms with E-state index in [9.17, 15) is 4.79 Å². The Balaban J connectivity index is 2.15. The Kier molecular flexibility index (Phi) is 5.16. The van der Waals surface area contributed by atoms with Gasteiger partial charge in [-0.3, -0.25) is 4.79 Å². The Bertz CT molecular complexity index is 629. The number of hydrogen-bond acceptors (Lipinski definition) is 5. The van der Waals surface area contributed by atoms with Crippen LogP contribution in [0, 0.1) is 6.92 Å². The monoisotopic (exact) mass is 304 g/mol. The average molecular weight is 304 g/mol. The molecule has 0 radical (unpaired) electrons. The normalized spacial score (nSPS) is 10.4. The minimum atomic E-state index is -0.809. The summed E-state index contributed by atoms with van der Waals surface area (Å²) in [6.07, 6.45) is 0.111. The number of thioether (sulfide) groups is 1. The number of nitrogens with zero attached hydrogens (tertiary/aromatic N) is 2. The Hall–Kier alpha value is -2.08. The molecule has 0 unspecified atom stereocenters. The van der Waals surface area contributed by atoms with Gasteiger partial charge in [0.25, 0.3) is 0 Å². The van der Waals surface area contributed by atoms with E-state index in [0.29, 0.717) is 10.8 Å². The quantitative estimate of drug-likeness (QED) is 0.827. The van der Waals surface area contributed by atoms with Crippen molar-refractivity contribution in [1.29, 1.82) is 0 Å². The summed E-state index contributed by atoms with van der Waals surface area (Å²) in [6.45, 7) is 2.01. The lowest BCUT2D eigenvalue weighted by Gasteiger charge is -2.08. The predicted octanol–water partition coefficient (Wildman–Crippen LogP) is 3.03. The van der Waals surface area contributed by atoms with Crippen LogP contribution in [0.1, 0.15) is 12.0 Å². The molecule has 0 amide bonds. The second kappa shape index (κ2) is 7.08. The van der Waals surface area contributed by atoms with Crippen molar-refractivity contribution in [2.24, 2.45) is 0 Å². The molecule has 6 heteroatoms. The van der Waals surface area contributed by atoms with Crippen molar-refractivity contribution in [2.75, 3.05) is 12.9 Å². The highest BCUT2D eigenvalue weighted by atomic mass is 32.2. The van der Waals surface area contributed by atoms with Crippen molar-refractivity contribution in [2.45, 2.75) is 18.4 Å². The van der Waals surface area contributed by atoms with Crippen LogP contribution in [0.3, 0.4) is 0 Å². The van der Waals surface area contributed by atoms with Crippen LogP contribution in [0.2, 0.25) is 0 Å². The lowest BCUT2D eigenvalue weighted by molar-refractivity contribution is -0.136. The van der Waals surface area contributed by atoms with Crippen LogP contribution in [-0.4, -0.2) is 34.1 Å². The van der Waals surface area contributed by atoms with Gasteiger partial charge < -0.3 is 9.84 Å². The van der Waals surface area contributed by atoms with Crippen molar-refractivity contribution in [3.63, 3.8) is 0 Å². The van der Waals surface area contributed by atoms with E-state index >= 15 is 0 Å². The number of carboxylic acids is 1. The maximum Gasteiger partial charge on any atom is 0.304 e. The molecule has 0 aliphatic rings. The molecule has 5 nitrogen and oxygen atoms in total. The zero-order valence-electron chi connectivity index (χ0n) is 11.9. The maximum atomic E-state index is 10.5. The summed E-state index contributed by atoms with van der Waals surface area (Å²) in [5.41, 5.74) is 2.75. The van der Waals surface area contributed by atoms with Gasteiger partial charge in [0.2, 0.25) is 0 Å². The molecule has 0 aliphatic heterocycles. The molecule has 0 bridgehead atoms. The van der Waals surface area contributed by atoms with Crippen molar-refractivity contribution >= 4 is 17.7 Å². The second-order valence-electron chi connectivity index (χ2n) is 4.45. The molecule has 1 N–H and O–H groups in total. The molecular weight excluding hydrogens is 288 g/mol. The third kappa shape index (κ3) is 4.19. The van der Waals surface area contributed by atoms with E-state index in [1.165, 1.54) is 11.8 Å². The number of aromatic nitrogens is 2. The first-order valence-electron chi connectivity index (χ1n) is 6.43. The average Bonchev–Trinajstić information content (AvgIpc) is 2.47. The number of aliphatic carboxylic acids is 1. The predicted molar refractivity (Wildman–Crippen MR) is 81.7 cm³/mol. The van der Waals surface area contributed by atoms with Gasteiger partial charge in [-0.15, -0.1) is 22.0 Å². The topological polar surface area (TPSA) is 72.3 Å². The van der Waals surface area contributed by atoms with Crippen molar-refractivity contribution < 1.29 is 14.6 Å². The van der Waals surface area contributed by atoms with Crippen LogP contribution < -0.4 is 4.74 Å². The van der Waals surface area contributed by atoms with Crippen molar-refractivity contribution in [3.8, 4) is 17.0 Å². The summed E-state index contributed by atoms with van der Waals surface area (Å²) in [4.78, 5) is 10.5. The Morgan fingerprint density at radius 3 is 2.71 bits per heavy atom. The molecule has 21 heavy (non-hydrogen) atoms. The SMILES string of the molecule is COc1ccc(C)cc1-c1ccc(SCCC(=O)O)nn1. The van der Waals surface area contributed by atoms with Crippen LogP contribution in [0.25, 0.3) is 11.3 Å². The first-order valence-corrected chi connectivity index (χ1v) is 7.42. The molecule has 1 aromatic heterocycles. The molecule has 0 aliphatic carbocycles. The number of rotatable bonds is 6. The highest BCUT2D eigenvalue weighted by Crippen LogP contribution is 2.29. The Labute approximate surface area is 127 Å². The fraction of sp³-hybridized carbons (Fsp3) is 0.267. The zero-order chi connectivity index (χ0) is 15.2. The Morgan fingerprint density at radius 1 is 1.29 bits per heavy atom. The van der Waals surface area contributed by atoms with Crippen molar-refractivity contribution in [1.82, 2.24) is 10.2 Å². The van der Waals surface area contributed by atoms with Gasteiger partial charge >= 0.3 is 5.97 Å². The minimum absolute atomic E-state index is 0.111. The smallest absolute Gasteiger partial charge is 0.304 e. The van der Waals surface area contributed by atoms with Crippen LogP contribution in [0.15, 0.2) is 35.4 Å². The number of aryl methyl sites for hydroxylation is 1. The van der Waals surface area contributed by atoms with Gasteiger partial charge in [0.15, 0.2) is 0 Å². The number of methoxy groups -OCH3 is 1. The molecule has 0 fully saturated rings. The number of ether oxygens (including phenoxy) is 1. The third-order valence-electron chi connectivity index (χ3n) is 2.84. The number of carboxylic acid groups (broad SMARTS) is 1. The van der Waals surface area contributed by atoms with E-state index < -0.39 is 5.97 Å². The molecule has 110 valence electrons. The van der Waals surface area contributed by atoms with Gasteiger partial charge in [-0.2, -0.15) is 0 Å². The standard InChI is InChI=1S/C15H16N2O3S/c1-10-3-5-13(20-2)11(9-10)12-4-6-14(17-16-12)21-8-7-15(18)19/h3-6,9H,7-8H2,1-2H3,(H,18,19). The van der Waals surface area contributed by atoms with Gasteiger partial charge in [0.1, 0.15) is 10.8 Å². The lowest BCUT2D eigenvalue weighted by atomic mass is 10.1. The fourth-order valence-corrected chi connectivity index (χ4v) is 2.55. The maximum absolute atomic E-state index is 10.5. The van der Waals surface area contributed by atoms with Gasteiger partial charge in [-0.05, 0) is 31.2 Å². The number of carbonyl (C=O) groups is 1. The van der Waals surface area contributed by atoms with E-state index in [-0.39, 0.29) is 6.42 Å². The van der Waals surface area contributed by atoms with Crippen LogP contribution in [0.5, 0.6) is 5.75 Å². The molecule has 0 saturated carbocycles. The summed E-state index contributed by atoms with van der Waals surface area (Å²) >= 11 is 1.38. The highest BCUT2D eigenvalue weighted by Gasteiger charge is 2.08. The van der Waals surface area contributed by atoms with Crippen LogP contribution >= 0.6 is 11.8 Å². The fourth-order valence-electron chi connectivity index (χ4n) is 1.81. The number of hydrogen-bond donors (Lipinski definition) is 1. The van der Waals surface area contributed by atoms with Crippen molar-refractivity contribution in [3.05, 3.63) is 35.9 Å².